The molecule has 1 aliphatic rings. The third-order valence-corrected chi connectivity index (χ3v) is 6.75. The van der Waals surface area contributed by atoms with Crippen molar-refractivity contribution in [2.75, 3.05) is 0 Å². The quantitative estimate of drug-likeness (QED) is 0.307. The van der Waals surface area contributed by atoms with Crippen LogP contribution in [0.1, 0.15) is 73.9 Å². The molecule has 0 saturated heterocycles. The van der Waals surface area contributed by atoms with Gasteiger partial charge in [-0.05, 0) is 70.0 Å². The molecule has 3 rings (SSSR count). The predicted molar refractivity (Wildman–Crippen MR) is 150 cm³/mol. The summed E-state index contributed by atoms with van der Waals surface area (Å²) >= 11 is 5.88. The van der Waals surface area contributed by atoms with Crippen LogP contribution in [-0.2, 0) is 14.3 Å². The summed E-state index contributed by atoms with van der Waals surface area (Å²) in [5.74, 6) is -2.77. The fraction of sp³-hybridized carbons (Fsp3) is 0.429. The SMILES string of the molecule is CC(=O)c1ccc2c(c1)[C@H](NC(=O)c1ccc(F)c(Cl)c1)[C@H](OC(=O)[C@@H](NC(=O)[C@H](C)N)C(C)C)C(C)(C)O2.Cl. The minimum absolute atomic E-state index is 0. The molecule has 1 heterocycles. The van der Waals surface area contributed by atoms with E-state index in [1.165, 1.54) is 26.0 Å². The van der Waals surface area contributed by atoms with E-state index in [-0.39, 0.29) is 34.7 Å². The number of benzene rings is 2. The highest BCUT2D eigenvalue weighted by Gasteiger charge is 2.48. The van der Waals surface area contributed by atoms with Crippen LogP contribution in [0.4, 0.5) is 4.39 Å². The summed E-state index contributed by atoms with van der Waals surface area (Å²) in [5, 5.41) is 5.22. The molecule has 9 nitrogen and oxygen atoms in total. The second kappa shape index (κ2) is 13.0. The Hall–Kier alpha value is -3.21. The summed E-state index contributed by atoms with van der Waals surface area (Å²) in [6, 6.07) is 5.43. The van der Waals surface area contributed by atoms with Gasteiger partial charge in [-0.25, -0.2) is 9.18 Å². The van der Waals surface area contributed by atoms with Gasteiger partial charge in [-0.1, -0.05) is 25.4 Å². The number of rotatable bonds is 8. The first-order chi connectivity index (χ1) is 18.1. The van der Waals surface area contributed by atoms with E-state index in [0.29, 0.717) is 16.9 Å². The highest BCUT2D eigenvalue weighted by molar-refractivity contribution is 6.31. The van der Waals surface area contributed by atoms with Crippen molar-refractivity contribution in [2.24, 2.45) is 11.7 Å². The smallest absolute Gasteiger partial charge is 0.329 e. The van der Waals surface area contributed by atoms with E-state index in [2.05, 4.69) is 10.6 Å². The van der Waals surface area contributed by atoms with Gasteiger partial charge in [0.1, 0.15) is 23.2 Å². The normalized spacial score (nSPS) is 18.8. The lowest BCUT2D eigenvalue weighted by atomic mass is 9.85. The van der Waals surface area contributed by atoms with Gasteiger partial charge in [-0.2, -0.15) is 0 Å². The van der Waals surface area contributed by atoms with Crippen molar-refractivity contribution in [1.29, 1.82) is 0 Å². The Morgan fingerprint density at radius 2 is 1.70 bits per heavy atom. The second-order valence-corrected chi connectivity index (χ2v) is 10.9. The fourth-order valence-electron chi connectivity index (χ4n) is 4.22. The Labute approximate surface area is 243 Å². The number of hydrogen-bond donors (Lipinski definition) is 3. The number of hydrogen-bond acceptors (Lipinski definition) is 7. The number of carbonyl (C=O) groups is 4. The van der Waals surface area contributed by atoms with Gasteiger partial charge in [-0.15, -0.1) is 12.4 Å². The molecule has 0 saturated carbocycles. The molecule has 2 aromatic carbocycles. The monoisotopic (exact) mass is 597 g/mol. The third kappa shape index (κ3) is 7.30. The average molecular weight is 598 g/mol. The summed E-state index contributed by atoms with van der Waals surface area (Å²) in [6.07, 6.45) is -1.10. The number of amides is 2. The molecule has 2 aromatic rings. The van der Waals surface area contributed by atoms with Crippen LogP contribution in [0.2, 0.25) is 5.02 Å². The van der Waals surface area contributed by atoms with Crippen LogP contribution >= 0.6 is 24.0 Å². The largest absolute Gasteiger partial charge is 0.484 e. The summed E-state index contributed by atoms with van der Waals surface area (Å²) in [7, 11) is 0. The van der Waals surface area contributed by atoms with Gasteiger partial charge < -0.3 is 25.8 Å². The molecule has 4 atom stereocenters. The number of fused-ring (bicyclic) bond motifs is 1. The van der Waals surface area contributed by atoms with Crippen molar-refractivity contribution in [2.45, 2.75) is 71.4 Å². The van der Waals surface area contributed by atoms with E-state index in [1.807, 2.05) is 0 Å². The molecule has 2 amide bonds. The van der Waals surface area contributed by atoms with Gasteiger partial charge in [0.25, 0.3) is 5.91 Å². The molecule has 1 aliphatic heterocycles. The number of ether oxygens (including phenoxy) is 2. The maximum atomic E-state index is 13.7. The zero-order valence-corrected chi connectivity index (χ0v) is 24.6. The summed E-state index contributed by atoms with van der Waals surface area (Å²) in [5.41, 5.74) is 5.34. The molecule has 0 radical (unpaired) electrons. The number of ketones is 1. The van der Waals surface area contributed by atoms with Crippen molar-refractivity contribution in [3.63, 3.8) is 0 Å². The van der Waals surface area contributed by atoms with E-state index in [1.54, 1.807) is 45.9 Å². The number of nitrogens with two attached hydrogens (primary N) is 1. The molecule has 4 N–H and O–H groups in total. The Kier molecular flexibility index (Phi) is 10.7. The highest BCUT2D eigenvalue weighted by Crippen LogP contribution is 2.42. The van der Waals surface area contributed by atoms with Crippen LogP contribution in [0.3, 0.4) is 0 Å². The van der Waals surface area contributed by atoms with Crippen molar-refractivity contribution < 1.29 is 33.0 Å². The molecule has 0 aromatic heterocycles. The molecule has 0 fully saturated rings. The lowest BCUT2D eigenvalue weighted by Crippen LogP contribution is -2.58. The minimum atomic E-state index is -1.16. The van der Waals surface area contributed by atoms with Crippen molar-refractivity contribution in [1.82, 2.24) is 10.6 Å². The highest BCUT2D eigenvalue weighted by atomic mass is 35.5. The van der Waals surface area contributed by atoms with Crippen LogP contribution < -0.4 is 21.1 Å². The minimum Gasteiger partial charge on any atom is -0.484 e. The molecular formula is C28H34Cl2FN3O6. The zero-order valence-electron chi connectivity index (χ0n) is 23.0. The molecule has 40 heavy (non-hydrogen) atoms. The Balaban J connectivity index is 0.00000560. The first-order valence-electron chi connectivity index (χ1n) is 12.5. The van der Waals surface area contributed by atoms with E-state index in [4.69, 9.17) is 26.8 Å². The van der Waals surface area contributed by atoms with Gasteiger partial charge in [0.15, 0.2) is 11.9 Å². The molecule has 0 aliphatic carbocycles. The van der Waals surface area contributed by atoms with Gasteiger partial charge in [0, 0.05) is 16.7 Å². The maximum Gasteiger partial charge on any atom is 0.329 e. The van der Waals surface area contributed by atoms with E-state index >= 15 is 0 Å². The number of carbonyl (C=O) groups excluding carboxylic acids is 4. The maximum absolute atomic E-state index is 13.7. The Morgan fingerprint density at radius 3 is 2.25 bits per heavy atom. The van der Waals surface area contributed by atoms with E-state index < -0.39 is 53.4 Å². The van der Waals surface area contributed by atoms with E-state index in [0.717, 1.165) is 6.07 Å². The molecule has 0 spiro atoms. The van der Waals surface area contributed by atoms with Crippen LogP contribution in [0, 0.1) is 11.7 Å². The number of nitrogens with one attached hydrogen (secondary N) is 2. The first-order valence-corrected chi connectivity index (χ1v) is 12.9. The number of esters is 1. The van der Waals surface area contributed by atoms with Crippen LogP contribution in [0.5, 0.6) is 5.75 Å². The lowest BCUT2D eigenvalue weighted by molar-refractivity contribution is -0.169. The van der Waals surface area contributed by atoms with E-state index in [9.17, 15) is 23.6 Å². The topological polar surface area (TPSA) is 137 Å². The summed E-state index contributed by atoms with van der Waals surface area (Å²) in [6.45, 7) is 9.74. The molecule has 0 bridgehead atoms. The lowest BCUT2D eigenvalue weighted by Gasteiger charge is -2.44. The number of Topliss-reactive ketones (excluding diaryl/α,β-unsaturated/α-hetero) is 1. The zero-order chi connectivity index (χ0) is 29.2. The summed E-state index contributed by atoms with van der Waals surface area (Å²) in [4.78, 5) is 51.1. The van der Waals surface area contributed by atoms with Crippen molar-refractivity contribution >= 4 is 47.6 Å². The number of halogens is 3. The van der Waals surface area contributed by atoms with Gasteiger partial charge >= 0.3 is 5.97 Å². The molecule has 12 heteroatoms. The third-order valence-electron chi connectivity index (χ3n) is 6.46. The van der Waals surface area contributed by atoms with Crippen molar-refractivity contribution in [3.05, 3.63) is 63.9 Å². The Bertz CT molecular complexity index is 1300. The van der Waals surface area contributed by atoms with Gasteiger partial charge in [0.2, 0.25) is 5.91 Å². The van der Waals surface area contributed by atoms with Crippen LogP contribution in [-0.4, -0.2) is 47.4 Å². The Morgan fingerprint density at radius 1 is 1.07 bits per heavy atom. The standard InChI is InChI=1S/C28H33ClFN3O6.ClH/c1-13(2)22(32-25(35)14(3)31)27(37)38-24-23(33-26(36)17-7-9-20(30)19(29)12-17)18-11-16(15(4)34)8-10-21(18)39-28(24,5)6;/h7-14,22-24H,31H2,1-6H3,(H,32,35)(H,33,36);1H/t14-,22-,23-,24-;/m0./s1. The first kappa shape index (κ1) is 33.0. The van der Waals surface area contributed by atoms with Gasteiger partial charge in [-0.3, -0.25) is 14.4 Å². The van der Waals surface area contributed by atoms with Crippen LogP contribution in [0.25, 0.3) is 0 Å². The fourth-order valence-corrected chi connectivity index (χ4v) is 4.40. The second-order valence-electron chi connectivity index (χ2n) is 10.5. The molecule has 0 unspecified atom stereocenters. The predicted octanol–water partition coefficient (Wildman–Crippen LogP) is 4.15. The van der Waals surface area contributed by atoms with Crippen LogP contribution in [0.15, 0.2) is 36.4 Å². The molecule has 218 valence electrons. The van der Waals surface area contributed by atoms with Crippen molar-refractivity contribution in [3.8, 4) is 5.75 Å². The summed E-state index contributed by atoms with van der Waals surface area (Å²) < 4.78 is 25.8. The van der Waals surface area contributed by atoms with Gasteiger partial charge in [0.05, 0.1) is 17.1 Å². The average Bonchev–Trinajstić information content (AvgIpc) is 2.84. The molecular weight excluding hydrogens is 564 g/mol.